The molecule has 0 aromatic heterocycles. The van der Waals surface area contributed by atoms with E-state index >= 15 is 0 Å². The Hall–Kier alpha value is -1.12. The first-order valence-corrected chi connectivity index (χ1v) is 15.6. The highest BCUT2D eigenvalue weighted by Gasteiger charge is 2.77. The standard InChI is InChI=1S/C35H52O2/c1-23(2)31(37-22-25-10-8-7-9-11-25)15-12-24(3)28-13-14-29-27-20-32(36-6)35-21-26(35)16-19-34(35,5)30(27)17-18-33(28,29)4/h7-12,15,23-24,26-32H,13-14,16-22H2,1-6H3/b15-12+/t24-,26-,27+,28-,29+,30+,31+,32-,33-,34-,35+/m1/s1. The summed E-state index contributed by atoms with van der Waals surface area (Å²) in [5.41, 5.74) is 2.81. The molecule has 0 N–H and O–H groups in total. The number of benzene rings is 1. The van der Waals surface area contributed by atoms with Gasteiger partial charge in [-0.3, -0.25) is 0 Å². The molecule has 1 aromatic rings. The first kappa shape index (κ1) is 26.1. The van der Waals surface area contributed by atoms with Gasteiger partial charge in [0.1, 0.15) is 0 Å². The molecule has 5 saturated carbocycles. The van der Waals surface area contributed by atoms with Crippen molar-refractivity contribution in [3.63, 3.8) is 0 Å². The third-order valence-electron chi connectivity index (χ3n) is 13.1. The molecule has 2 nitrogen and oxygen atoms in total. The highest BCUT2D eigenvalue weighted by molar-refractivity contribution is 5.26. The van der Waals surface area contributed by atoms with Crippen LogP contribution < -0.4 is 0 Å². The highest BCUT2D eigenvalue weighted by atomic mass is 16.5. The minimum absolute atomic E-state index is 0.175. The lowest BCUT2D eigenvalue weighted by Crippen LogP contribution is -2.57. The second-order valence-corrected chi connectivity index (χ2v) is 14.7. The van der Waals surface area contributed by atoms with Gasteiger partial charge in [-0.25, -0.2) is 0 Å². The summed E-state index contributed by atoms with van der Waals surface area (Å²) in [6.07, 6.45) is 17.1. The molecule has 0 amide bonds. The summed E-state index contributed by atoms with van der Waals surface area (Å²) in [7, 11) is 2.02. The molecule has 0 bridgehead atoms. The molecule has 0 aliphatic heterocycles. The third kappa shape index (κ3) is 3.94. The van der Waals surface area contributed by atoms with Crippen LogP contribution in [-0.4, -0.2) is 19.3 Å². The first-order valence-electron chi connectivity index (χ1n) is 15.6. The van der Waals surface area contributed by atoms with Crippen LogP contribution in [-0.2, 0) is 16.1 Å². The van der Waals surface area contributed by atoms with Gasteiger partial charge in [0.2, 0.25) is 0 Å². The highest BCUT2D eigenvalue weighted by Crippen LogP contribution is 2.82. The Labute approximate surface area is 227 Å². The average Bonchev–Trinajstić information content (AvgIpc) is 3.39. The summed E-state index contributed by atoms with van der Waals surface area (Å²) in [6, 6.07) is 10.6. The van der Waals surface area contributed by atoms with Crippen molar-refractivity contribution in [2.45, 2.75) is 105 Å². The zero-order valence-electron chi connectivity index (χ0n) is 24.4. The molecule has 5 fully saturated rings. The summed E-state index contributed by atoms with van der Waals surface area (Å²) in [4.78, 5) is 0. The zero-order chi connectivity index (χ0) is 26.0. The van der Waals surface area contributed by atoms with E-state index in [1.807, 2.05) is 7.11 Å². The van der Waals surface area contributed by atoms with Crippen molar-refractivity contribution in [3.8, 4) is 0 Å². The lowest BCUT2D eigenvalue weighted by atomic mass is 9.45. The lowest BCUT2D eigenvalue weighted by molar-refractivity contribution is -0.160. The molecule has 0 heterocycles. The summed E-state index contributed by atoms with van der Waals surface area (Å²) in [6.45, 7) is 13.1. The second-order valence-electron chi connectivity index (χ2n) is 14.7. The van der Waals surface area contributed by atoms with Crippen LogP contribution in [0.2, 0.25) is 0 Å². The fourth-order valence-electron chi connectivity index (χ4n) is 11.1. The normalized spacial score (nSPS) is 45.8. The van der Waals surface area contributed by atoms with E-state index in [1.54, 1.807) is 0 Å². The maximum absolute atomic E-state index is 6.39. The van der Waals surface area contributed by atoms with Gasteiger partial charge in [-0.15, -0.1) is 0 Å². The van der Waals surface area contributed by atoms with Gasteiger partial charge in [0, 0.05) is 12.5 Å². The zero-order valence-corrected chi connectivity index (χ0v) is 24.4. The molecule has 0 saturated heterocycles. The number of ether oxygens (including phenoxy) is 2. The topological polar surface area (TPSA) is 18.5 Å². The van der Waals surface area contributed by atoms with Crippen molar-refractivity contribution < 1.29 is 9.47 Å². The molecule has 204 valence electrons. The summed E-state index contributed by atoms with van der Waals surface area (Å²) in [5.74, 6) is 5.54. The first-order chi connectivity index (χ1) is 17.7. The number of fused-ring (bicyclic) bond motifs is 4. The summed E-state index contributed by atoms with van der Waals surface area (Å²) < 4.78 is 12.7. The monoisotopic (exact) mass is 504 g/mol. The van der Waals surface area contributed by atoms with Crippen LogP contribution in [0.25, 0.3) is 0 Å². The van der Waals surface area contributed by atoms with Crippen molar-refractivity contribution in [2.24, 2.45) is 57.7 Å². The molecule has 5 aliphatic rings. The van der Waals surface area contributed by atoms with Crippen molar-refractivity contribution in [2.75, 3.05) is 7.11 Å². The Morgan fingerprint density at radius 3 is 2.43 bits per heavy atom. The predicted molar refractivity (Wildman–Crippen MR) is 152 cm³/mol. The van der Waals surface area contributed by atoms with E-state index in [1.165, 1.54) is 56.9 Å². The molecule has 5 aliphatic carbocycles. The van der Waals surface area contributed by atoms with E-state index in [4.69, 9.17) is 9.47 Å². The Morgan fingerprint density at radius 1 is 0.946 bits per heavy atom. The van der Waals surface area contributed by atoms with Crippen LogP contribution in [0.3, 0.4) is 0 Å². The number of methoxy groups -OCH3 is 1. The Kier molecular flexibility index (Phi) is 6.71. The van der Waals surface area contributed by atoms with Crippen molar-refractivity contribution >= 4 is 0 Å². The Morgan fingerprint density at radius 2 is 1.73 bits per heavy atom. The van der Waals surface area contributed by atoms with Gasteiger partial charge in [-0.1, -0.05) is 77.1 Å². The van der Waals surface area contributed by atoms with Crippen LogP contribution in [0.15, 0.2) is 42.5 Å². The molecule has 11 atom stereocenters. The van der Waals surface area contributed by atoms with Crippen LogP contribution in [0, 0.1) is 57.7 Å². The van der Waals surface area contributed by atoms with Gasteiger partial charge < -0.3 is 9.47 Å². The summed E-state index contributed by atoms with van der Waals surface area (Å²) in [5, 5.41) is 0. The van der Waals surface area contributed by atoms with Crippen molar-refractivity contribution in [1.82, 2.24) is 0 Å². The van der Waals surface area contributed by atoms with Gasteiger partial charge in [0.05, 0.1) is 18.8 Å². The lowest BCUT2D eigenvalue weighted by Gasteiger charge is -2.61. The van der Waals surface area contributed by atoms with Gasteiger partial charge >= 0.3 is 0 Å². The van der Waals surface area contributed by atoms with Crippen LogP contribution in [0.4, 0.5) is 0 Å². The smallest absolute Gasteiger partial charge is 0.0783 e. The van der Waals surface area contributed by atoms with Crippen molar-refractivity contribution in [3.05, 3.63) is 48.0 Å². The van der Waals surface area contributed by atoms with Crippen molar-refractivity contribution in [1.29, 1.82) is 0 Å². The van der Waals surface area contributed by atoms with E-state index in [0.717, 1.165) is 29.6 Å². The molecule has 2 heteroatoms. The molecule has 0 radical (unpaired) electrons. The largest absolute Gasteiger partial charge is 0.381 e. The minimum Gasteiger partial charge on any atom is -0.381 e. The van der Waals surface area contributed by atoms with E-state index < -0.39 is 0 Å². The fourth-order valence-corrected chi connectivity index (χ4v) is 11.1. The van der Waals surface area contributed by atoms with Gasteiger partial charge in [-0.05, 0) is 109 Å². The van der Waals surface area contributed by atoms with Gasteiger partial charge in [0.15, 0.2) is 0 Å². The van der Waals surface area contributed by atoms with E-state index in [9.17, 15) is 0 Å². The molecule has 1 aromatic carbocycles. The summed E-state index contributed by atoms with van der Waals surface area (Å²) >= 11 is 0. The van der Waals surface area contributed by atoms with Crippen LogP contribution in [0.5, 0.6) is 0 Å². The molecular formula is C35H52O2. The van der Waals surface area contributed by atoms with Crippen LogP contribution >= 0.6 is 0 Å². The molecule has 6 rings (SSSR count). The van der Waals surface area contributed by atoms with E-state index in [-0.39, 0.29) is 6.10 Å². The predicted octanol–water partition coefficient (Wildman–Crippen LogP) is 8.70. The van der Waals surface area contributed by atoms with Gasteiger partial charge in [0.25, 0.3) is 0 Å². The molecule has 37 heavy (non-hydrogen) atoms. The Bertz CT molecular complexity index is 984. The quantitative estimate of drug-likeness (QED) is 0.330. The van der Waals surface area contributed by atoms with Crippen LogP contribution in [0.1, 0.15) is 91.5 Å². The fraction of sp³-hybridized carbons (Fsp3) is 0.771. The molecule has 1 spiro atoms. The number of rotatable bonds is 8. The van der Waals surface area contributed by atoms with Gasteiger partial charge in [-0.2, -0.15) is 0 Å². The maximum Gasteiger partial charge on any atom is 0.0783 e. The minimum atomic E-state index is 0.175. The maximum atomic E-state index is 6.39. The average molecular weight is 505 g/mol. The van der Waals surface area contributed by atoms with E-state index in [2.05, 4.69) is 77.1 Å². The molecular weight excluding hydrogens is 452 g/mol. The van der Waals surface area contributed by atoms with E-state index in [0.29, 0.717) is 40.8 Å². The SMILES string of the molecule is CO[C@@H]1C[C@H]2[C@@H]3CC[C@H]([C@H](C)/C=C/[C@H](OCc4ccccc4)C(C)C)[C@@]3(C)CC[C@@H]2[C@@]2(C)CC[C@@H]3C[C@]312. The third-order valence-corrected chi connectivity index (χ3v) is 13.1. The number of allylic oxidation sites excluding steroid dienone is 1. The second kappa shape index (κ2) is 9.51. The Balaban J connectivity index is 1.16. The number of hydrogen-bond donors (Lipinski definition) is 0. The molecule has 0 unspecified atom stereocenters. The number of hydrogen-bond acceptors (Lipinski definition) is 2.